The highest BCUT2D eigenvalue weighted by Gasteiger charge is 2.19. The van der Waals surface area contributed by atoms with Crippen molar-refractivity contribution in [1.29, 1.82) is 0 Å². The number of likely N-dealkylation sites (tertiary alicyclic amines) is 1. The Kier molecular flexibility index (Phi) is 12.2. The number of methoxy groups -OCH3 is 1. The minimum atomic E-state index is -1.04. The summed E-state index contributed by atoms with van der Waals surface area (Å²) in [7, 11) is 1.68. The Morgan fingerprint density at radius 3 is 2.66 bits per heavy atom. The summed E-state index contributed by atoms with van der Waals surface area (Å²) < 4.78 is 13.0. The van der Waals surface area contributed by atoms with Gasteiger partial charge in [-0.15, -0.1) is 0 Å². The van der Waals surface area contributed by atoms with Crippen molar-refractivity contribution in [2.24, 2.45) is 0 Å². The molecule has 5 rings (SSSR count). The maximum Gasteiger partial charge on any atom is 0.341 e. The summed E-state index contributed by atoms with van der Waals surface area (Å²) in [5.41, 5.74) is 9.73. The van der Waals surface area contributed by atoms with Gasteiger partial charge in [0, 0.05) is 45.1 Å². The maximum absolute atomic E-state index is 13.5. The predicted octanol–water partition coefficient (Wildman–Crippen LogP) is 4.69. The molecular weight excluding hydrogens is 598 g/mol. The predicted molar refractivity (Wildman–Crippen MR) is 183 cm³/mol. The van der Waals surface area contributed by atoms with Crippen LogP contribution in [0.2, 0.25) is 0 Å². The highest BCUT2D eigenvalue weighted by molar-refractivity contribution is 6.06. The number of benzene rings is 2. The molecule has 0 aliphatic carbocycles. The third kappa shape index (κ3) is 9.32. The number of anilines is 1. The van der Waals surface area contributed by atoms with Gasteiger partial charge in [-0.3, -0.25) is 0 Å². The third-order valence-electron chi connectivity index (χ3n) is 8.58. The van der Waals surface area contributed by atoms with Gasteiger partial charge < -0.3 is 40.0 Å². The van der Waals surface area contributed by atoms with Gasteiger partial charge in [0.1, 0.15) is 17.1 Å². The number of ether oxygens (including phenoxy) is 2. The summed E-state index contributed by atoms with van der Waals surface area (Å²) in [6, 6.07) is 15.1. The molecule has 2 aromatic heterocycles. The number of unbranched alkanes of at least 4 members (excludes halogenated alkanes) is 1. The number of aromatic nitrogens is 3. The van der Waals surface area contributed by atoms with Gasteiger partial charge in [0.05, 0.1) is 17.6 Å². The van der Waals surface area contributed by atoms with E-state index in [4.69, 9.17) is 25.3 Å². The van der Waals surface area contributed by atoms with Crippen molar-refractivity contribution in [3.8, 4) is 5.75 Å². The lowest BCUT2D eigenvalue weighted by atomic mass is 10.1. The van der Waals surface area contributed by atoms with Gasteiger partial charge in [-0.2, -0.15) is 0 Å². The van der Waals surface area contributed by atoms with Crippen molar-refractivity contribution in [1.82, 2.24) is 29.7 Å². The number of nitrogen functional groups attached to an aromatic ring is 1. The van der Waals surface area contributed by atoms with Gasteiger partial charge >= 0.3 is 12.0 Å². The Balaban J connectivity index is 1.27. The maximum atomic E-state index is 13.5. The van der Waals surface area contributed by atoms with Crippen LogP contribution in [0.4, 0.5) is 10.6 Å². The molecule has 0 saturated carbocycles. The Hall–Kier alpha value is -4.42. The molecule has 0 unspecified atom stereocenters. The number of urea groups is 1. The number of amides is 2. The van der Waals surface area contributed by atoms with E-state index in [0.29, 0.717) is 56.3 Å². The summed E-state index contributed by atoms with van der Waals surface area (Å²) in [5, 5.41) is 13.1. The van der Waals surface area contributed by atoms with Gasteiger partial charge in [-0.1, -0.05) is 36.8 Å². The van der Waals surface area contributed by atoms with Gasteiger partial charge in [0.15, 0.2) is 12.4 Å². The zero-order valence-electron chi connectivity index (χ0n) is 27.3. The molecule has 2 aromatic carbocycles. The summed E-state index contributed by atoms with van der Waals surface area (Å²) in [6.07, 6.45) is 6.92. The van der Waals surface area contributed by atoms with Crippen LogP contribution in [0.15, 0.2) is 48.5 Å². The molecule has 12 nitrogen and oxygen atoms in total. The number of carboxylic acid groups (broad SMARTS) is 1. The number of rotatable bonds is 17. The summed E-state index contributed by atoms with van der Waals surface area (Å²) in [4.78, 5) is 38.3. The number of nitrogens with zero attached hydrogens (tertiary/aromatic N) is 5. The van der Waals surface area contributed by atoms with Crippen LogP contribution in [-0.4, -0.2) is 94.5 Å². The number of imidazole rings is 1. The van der Waals surface area contributed by atoms with E-state index in [9.17, 15) is 9.59 Å². The largest absolute Gasteiger partial charge is 0.482 e. The van der Waals surface area contributed by atoms with Crippen LogP contribution in [0.5, 0.6) is 5.75 Å². The molecule has 0 bridgehead atoms. The van der Waals surface area contributed by atoms with E-state index in [-0.39, 0.29) is 6.03 Å². The van der Waals surface area contributed by atoms with E-state index < -0.39 is 12.6 Å². The minimum absolute atomic E-state index is 0.112. The van der Waals surface area contributed by atoms with Crippen LogP contribution >= 0.6 is 0 Å². The average molecular weight is 646 g/mol. The van der Waals surface area contributed by atoms with E-state index in [2.05, 4.69) is 19.8 Å². The zero-order valence-corrected chi connectivity index (χ0v) is 27.3. The number of hydrogen-bond acceptors (Lipinski definition) is 8. The first-order valence-corrected chi connectivity index (χ1v) is 16.6. The van der Waals surface area contributed by atoms with Crippen molar-refractivity contribution >= 4 is 39.8 Å². The van der Waals surface area contributed by atoms with Crippen molar-refractivity contribution in [3.63, 3.8) is 0 Å². The molecule has 0 radical (unpaired) electrons. The quantitative estimate of drug-likeness (QED) is 0.139. The SMILES string of the molecule is COCCc1nc2c(N)nc3ccccc3c2n1CCCCN(Cc1cccc(OCC(=O)O)c1)C(=O)NCCCN1CCCCC1. The minimum Gasteiger partial charge on any atom is -0.482 e. The summed E-state index contributed by atoms with van der Waals surface area (Å²) >= 11 is 0. The highest BCUT2D eigenvalue weighted by atomic mass is 16.5. The number of piperidine rings is 1. The van der Waals surface area contributed by atoms with Gasteiger partial charge in [-0.25, -0.2) is 19.6 Å². The van der Waals surface area contributed by atoms with Crippen LogP contribution < -0.4 is 15.8 Å². The molecule has 4 N–H and O–H groups in total. The van der Waals surface area contributed by atoms with Crippen LogP contribution in [-0.2, 0) is 29.0 Å². The third-order valence-corrected chi connectivity index (χ3v) is 8.58. The van der Waals surface area contributed by atoms with Gasteiger partial charge in [0.25, 0.3) is 0 Å². The molecule has 3 heterocycles. The molecule has 0 atom stereocenters. The van der Waals surface area contributed by atoms with Crippen LogP contribution in [0, 0.1) is 0 Å². The second-order valence-electron chi connectivity index (χ2n) is 12.1. The smallest absolute Gasteiger partial charge is 0.341 e. The number of pyridine rings is 1. The second-order valence-corrected chi connectivity index (χ2v) is 12.1. The molecular formula is C35H47N7O5. The van der Waals surface area contributed by atoms with E-state index >= 15 is 0 Å². The highest BCUT2D eigenvalue weighted by Crippen LogP contribution is 2.29. The number of para-hydroxylation sites is 1. The van der Waals surface area contributed by atoms with Gasteiger partial charge in [-0.05, 0) is 75.5 Å². The van der Waals surface area contributed by atoms with Crippen molar-refractivity contribution in [3.05, 3.63) is 59.9 Å². The van der Waals surface area contributed by atoms with E-state index in [0.717, 1.165) is 66.7 Å². The van der Waals surface area contributed by atoms with Crippen LogP contribution in [0.25, 0.3) is 21.9 Å². The normalized spacial score (nSPS) is 13.6. The van der Waals surface area contributed by atoms with Crippen LogP contribution in [0.3, 0.4) is 0 Å². The molecule has 252 valence electrons. The fourth-order valence-corrected chi connectivity index (χ4v) is 6.25. The van der Waals surface area contributed by atoms with E-state index in [1.54, 1.807) is 19.2 Å². The number of nitrogens with one attached hydrogen (secondary N) is 1. The molecule has 4 aromatic rings. The van der Waals surface area contributed by atoms with Gasteiger partial charge in [0.2, 0.25) is 0 Å². The monoisotopic (exact) mass is 645 g/mol. The lowest BCUT2D eigenvalue weighted by Crippen LogP contribution is -2.41. The summed E-state index contributed by atoms with van der Waals surface area (Å²) in [5.74, 6) is 0.731. The average Bonchev–Trinajstić information content (AvgIpc) is 3.45. The number of aliphatic carboxylic acids is 1. The summed E-state index contributed by atoms with van der Waals surface area (Å²) in [6.45, 7) is 5.61. The Morgan fingerprint density at radius 1 is 1.02 bits per heavy atom. The van der Waals surface area contributed by atoms with E-state index in [1.807, 2.05) is 41.3 Å². The zero-order chi connectivity index (χ0) is 33.0. The number of fused-ring (bicyclic) bond motifs is 3. The number of hydrogen-bond donors (Lipinski definition) is 3. The Morgan fingerprint density at radius 2 is 1.85 bits per heavy atom. The lowest BCUT2D eigenvalue weighted by molar-refractivity contribution is -0.139. The van der Waals surface area contributed by atoms with E-state index in [1.165, 1.54) is 19.3 Å². The molecule has 1 aliphatic heterocycles. The first kappa shape index (κ1) is 33.9. The molecule has 1 aliphatic rings. The molecule has 2 amide bonds. The molecule has 0 spiro atoms. The first-order valence-electron chi connectivity index (χ1n) is 16.6. The van der Waals surface area contributed by atoms with Crippen molar-refractivity contribution < 1.29 is 24.2 Å². The number of carbonyl (C=O) groups excluding carboxylic acids is 1. The topological polar surface area (TPSA) is 148 Å². The molecule has 47 heavy (non-hydrogen) atoms. The fraction of sp³-hybridized carbons (Fsp3) is 0.486. The lowest BCUT2D eigenvalue weighted by Gasteiger charge is -2.27. The number of nitrogens with two attached hydrogens (primary N) is 1. The molecule has 1 fully saturated rings. The van der Waals surface area contributed by atoms with Crippen molar-refractivity contribution in [2.75, 3.05) is 58.8 Å². The standard InChI is InChI=1S/C35H47N7O5/c1-46-22-15-30-39-32-33(28-13-3-4-14-29(28)38-34(32)36)42(30)21-8-7-20-41(24-26-11-9-12-27(23-26)47-25-31(43)44)35(45)37-16-10-19-40-17-5-2-6-18-40/h3-4,9,11-14,23H,2,5-8,10,15-22,24-25H2,1H3,(H2,36,38)(H,37,45)(H,43,44). The number of carbonyl (C=O) groups is 2. The second kappa shape index (κ2) is 16.9. The van der Waals surface area contributed by atoms with Crippen LogP contribution in [0.1, 0.15) is 49.9 Å². The molecule has 12 heteroatoms. The number of aryl methyl sites for hydroxylation is 1. The van der Waals surface area contributed by atoms with Crippen molar-refractivity contribution in [2.45, 2.75) is 58.0 Å². The number of carboxylic acids is 1. The Bertz CT molecular complexity index is 1640. The Labute approximate surface area is 275 Å². The fourth-order valence-electron chi connectivity index (χ4n) is 6.25. The molecule has 1 saturated heterocycles. The first-order chi connectivity index (χ1) is 22.9.